The molecule has 0 aromatic rings. The Balaban J connectivity index is 2.71. The van der Waals surface area contributed by atoms with E-state index >= 15 is 0 Å². The highest BCUT2D eigenvalue weighted by molar-refractivity contribution is 7.80. The maximum absolute atomic E-state index is 10.2. The summed E-state index contributed by atoms with van der Waals surface area (Å²) in [5.41, 5.74) is 0.00811. The maximum atomic E-state index is 10.2. The summed E-state index contributed by atoms with van der Waals surface area (Å²) in [6.45, 7) is 0.732. The number of ether oxygens (including phenoxy) is 1. The number of aliphatic hydroxyl groups is 4. The van der Waals surface area contributed by atoms with Gasteiger partial charge in [0.05, 0.1) is 18.4 Å². The topological polar surface area (TPSA) is 169 Å². The monoisotopic (exact) mass is 314 g/mol. The van der Waals surface area contributed by atoms with Crippen molar-refractivity contribution in [2.75, 3.05) is 6.61 Å². The van der Waals surface area contributed by atoms with Crippen molar-refractivity contribution in [1.29, 1.82) is 0 Å². The van der Waals surface area contributed by atoms with Gasteiger partial charge in [0.2, 0.25) is 0 Å². The molecule has 11 heteroatoms. The second-order valence-electron chi connectivity index (χ2n) is 4.38. The van der Waals surface area contributed by atoms with Crippen molar-refractivity contribution in [3.05, 3.63) is 0 Å². The van der Waals surface area contributed by atoms with Gasteiger partial charge < -0.3 is 29.7 Å². The number of nitrogens with zero attached hydrogens (tertiary/aromatic N) is 1. The van der Waals surface area contributed by atoms with E-state index in [-0.39, 0.29) is 12.1 Å². The minimum absolute atomic E-state index is 0.00811. The highest BCUT2D eigenvalue weighted by Gasteiger charge is 2.43. The van der Waals surface area contributed by atoms with Gasteiger partial charge in [0, 0.05) is 6.42 Å². The normalized spacial score (nSPS) is 35.9. The fourth-order valence-corrected chi connectivity index (χ4v) is 2.00. The third-order valence-electron chi connectivity index (χ3n) is 2.77. The number of hydrogen-bond acceptors (Lipinski definition) is 10. The lowest BCUT2D eigenvalue weighted by Gasteiger charge is -2.40. The summed E-state index contributed by atoms with van der Waals surface area (Å²) < 4.78 is 39.5. The molecule has 0 unspecified atom stereocenters. The molecule has 0 amide bonds. The van der Waals surface area contributed by atoms with Crippen molar-refractivity contribution in [2.24, 2.45) is 5.16 Å². The quantitative estimate of drug-likeness (QED) is 0.179. The van der Waals surface area contributed by atoms with Gasteiger partial charge >= 0.3 is 0 Å². The number of rotatable bonds is 5. The van der Waals surface area contributed by atoms with Crippen LogP contribution in [0.1, 0.15) is 13.3 Å². The summed E-state index contributed by atoms with van der Waals surface area (Å²) >= 11 is 0. The summed E-state index contributed by atoms with van der Waals surface area (Å²) in [5.74, 6) is 0. The number of hydrogen-bond donors (Lipinski definition) is 4. The molecular formula is C9H16NO9S-. The van der Waals surface area contributed by atoms with Crippen molar-refractivity contribution in [3.8, 4) is 0 Å². The van der Waals surface area contributed by atoms with E-state index in [1.807, 2.05) is 0 Å². The lowest BCUT2D eigenvalue weighted by molar-refractivity contribution is -0.227. The van der Waals surface area contributed by atoms with Crippen LogP contribution in [0.4, 0.5) is 0 Å². The van der Waals surface area contributed by atoms with E-state index in [1.165, 1.54) is 6.92 Å². The van der Waals surface area contributed by atoms with Crippen LogP contribution >= 0.6 is 0 Å². The van der Waals surface area contributed by atoms with Gasteiger partial charge in [-0.3, -0.25) is 4.28 Å². The molecule has 5 atom stereocenters. The zero-order chi connectivity index (χ0) is 15.5. The van der Waals surface area contributed by atoms with Gasteiger partial charge in [0.15, 0.2) is 0 Å². The molecule has 1 rings (SSSR count). The molecule has 0 bridgehead atoms. The van der Waals surface area contributed by atoms with Gasteiger partial charge in [-0.05, 0) is 6.92 Å². The third-order valence-corrected chi connectivity index (χ3v) is 3.03. The first kappa shape index (κ1) is 17.2. The van der Waals surface area contributed by atoms with Crippen LogP contribution in [-0.4, -0.2) is 76.2 Å². The molecule has 1 aliphatic heterocycles. The highest BCUT2D eigenvalue weighted by Crippen LogP contribution is 2.23. The molecule has 0 aromatic heterocycles. The molecule has 1 fully saturated rings. The van der Waals surface area contributed by atoms with E-state index in [4.69, 9.17) is 9.84 Å². The van der Waals surface area contributed by atoms with E-state index in [1.54, 1.807) is 0 Å². The Labute approximate surface area is 115 Å². The molecule has 1 saturated heterocycles. The smallest absolute Gasteiger partial charge is 0.283 e. The van der Waals surface area contributed by atoms with Crippen molar-refractivity contribution in [3.63, 3.8) is 0 Å². The standard InChI is InChI=1S/C9H17NO9S/c1-4(10-19-20(15,16)17)2-5-7(12)9(14)8(13)6(3-11)18-5/h5-9,11-14H,2-3H2,1H3,(H,15,16,17)/p-1/b10-4-/t5-,6+,7-,8+,9+/m0/s1. The Morgan fingerprint density at radius 2 is 1.80 bits per heavy atom. The maximum Gasteiger partial charge on any atom is 0.283 e. The average Bonchev–Trinajstić information content (AvgIpc) is 2.36. The van der Waals surface area contributed by atoms with Gasteiger partial charge in [-0.1, -0.05) is 5.16 Å². The Morgan fingerprint density at radius 1 is 1.25 bits per heavy atom. The minimum Gasteiger partial charge on any atom is -0.714 e. The molecule has 0 radical (unpaired) electrons. The van der Waals surface area contributed by atoms with Crippen molar-refractivity contribution < 1.29 is 42.4 Å². The van der Waals surface area contributed by atoms with E-state index in [2.05, 4.69) is 9.44 Å². The molecule has 20 heavy (non-hydrogen) atoms. The van der Waals surface area contributed by atoms with Crippen LogP contribution in [0, 0.1) is 0 Å². The predicted molar refractivity (Wildman–Crippen MR) is 62.3 cm³/mol. The van der Waals surface area contributed by atoms with Crippen molar-refractivity contribution in [2.45, 2.75) is 43.9 Å². The number of aliphatic hydroxyl groups excluding tert-OH is 4. The van der Waals surface area contributed by atoms with E-state index in [0.717, 1.165) is 0 Å². The molecule has 4 N–H and O–H groups in total. The van der Waals surface area contributed by atoms with E-state index in [0.29, 0.717) is 0 Å². The SMILES string of the molecule is C/C(C[C@@H]1O[C@H](CO)[C@@H](O)[C@H](O)[C@H]1O)=N/OS(=O)(=O)[O-]. The Morgan fingerprint density at radius 3 is 2.30 bits per heavy atom. The first-order valence-electron chi connectivity index (χ1n) is 5.64. The average molecular weight is 314 g/mol. The third kappa shape index (κ3) is 4.63. The molecule has 0 saturated carbocycles. The first-order chi connectivity index (χ1) is 9.15. The van der Waals surface area contributed by atoms with Crippen LogP contribution in [-0.2, 0) is 19.4 Å². The van der Waals surface area contributed by atoms with E-state index < -0.39 is 47.5 Å². The zero-order valence-corrected chi connectivity index (χ0v) is 11.3. The van der Waals surface area contributed by atoms with Gasteiger partial charge in [-0.25, -0.2) is 0 Å². The predicted octanol–water partition coefficient (Wildman–Crippen LogP) is -2.93. The molecule has 0 spiro atoms. The van der Waals surface area contributed by atoms with Crippen LogP contribution < -0.4 is 0 Å². The highest BCUT2D eigenvalue weighted by atomic mass is 32.3. The summed E-state index contributed by atoms with van der Waals surface area (Å²) in [6, 6.07) is 0. The summed E-state index contributed by atoms with van der Waals surface area (Å²) in [4.78, 5) is 0. The van der Waals surface area contributed by atoms with Crippen molar-refractivity contribution in [1.82, 2.24) is 0 Å². The molecule has 10 nitrogen and oxygen atoms in total. The van der Waals surface area contributed by atoms with Crippen LogP contribution in [0.15, 0.2) is 5.16 Å². The fraction of sp³-hybridized carbons (Fsp3) is 0.889. The van der Waals surface area contributed by atoms with Crippen LogP contribution in [0.3, 0.4) is 0 Å². The van der Waals surface area contributed by atoms with E-state index in [9.17, 15) is 28.3 Å². The van der Waals surface area contributed by atoms with Gasteiger partial charge in [0.1, 0.15) is 24.4 Å². The lowest BCUT2D eigenvalue weighted by Crippen LogP contribution is -2.58. The summed E-state index contributed by atoms with van der Waals surface area (Å²) in [5, 5.41) is 40.8. The molecule has 0 aromatic carbocycles. The Hall–Kier alpha value is -0.820. The van der Waals surface area contributed by atoms with Gasteiger partial charge in [-0.2, -0.15) is 8.42 Å². The minimum atomic E-state index is -4.98. The second kappa shape index (κ2) is 6.76. The molecule has 0 aliphatic carbocycles. The Kier molecular flexibility index (Phi) is 5.82. The van der Waals surface area contributed by atoms with Crippen molar-refractivity contribution >= 4 is 16.1 Å². The number of oxime groups is 1. The first-order valence-corrected chi connectivity index (χ1v) is 6.97. The molecule has 1 heterocycles. The lowest BCUT2D eigenvalue weighted by atomic mass is 9.93. The van der Waals surface area contributed by atoms with Crippen LogP contribution in [0.5, 0.6) is 0 Å². The van der Waals surface area contributed by atoms with Crippen LogP contribution in [0.2, 0.25) is 0 Å². The molecule has 118 valence electrons. The largest absolute Gasteiger partial charge is 0.714 e. The molecular weight excluding hydrogens is 298 g/mol. The summed E-state index contributed by atoms with van der Waals surface area (Å²) in [6.07, 6.45) is -6.79. The van der Waals surface area contributed by atoms with Gasteiger partial charge in [-0.15, -0.1) is 0 Å². The van der Waals surface area contributed by atoms with Gasteiger partial charge in [0.25, 0.3) is 10.4 Å². The fourth-order valence-electron chi connectivity index (χ4n) is 1.78. The van der Waals surface area contributed by atoms with Crippen LogP contribution in [0.25, 0.3) is 0 Å². The Bertz CT molecular complexity index is 448. The molecule has 1 aliphatic rings. The second-order valence-corrected chi connectivity index (χ2v) is 5.35. The zero-order valence-electron chi connectivity index (χ0n) is 10.5. The summed E-state index contributed by atoms with van der Waals surface area (Å²) in [7, 11) is -4.98.